The maximum absolute atomic E-state index is 10.9. The van der Waals surface area contributed by atoms with E-state index in [1.807, 2.05) is 0 Å². The number of rotatable bonds is 2. The van der Waals surface area contributed by atoms with Gasteiger partial charge in [0.15, 0.2) is 0 Å². The molecule has 16 heavy (non-hydrogen) atoms. The van der Waals surface area contributed by atoms with E-state index in [-0.39, 0.29) is 6.10 Å². The molecule has 0 aromatic heterocycles. The first kappa shape index (κ1) is 15.3. The monoisotopic (exact) mass is 254 g/mol. The third-order valence-electron chi connectivity index (χ3n) is 2.07. The van der Waals surface area contributed by atoms with Gasteiger partial charge in [0.1, 0.15) is 0 Å². The zero-order valence-electron chi connectivity index (χ0n) is 9.34. The molecule has 1 fully saturated rings. The number of sulfonamides is 1. The number of piperidine rings is 1. The van der Waals surface area contributed by atoms with Crippen molar-refractivity contribution in [2.24, 2.45) is 5.14 Å². The summed E-state index contributed by atoms with van der Waals surface area (Å²) in [6.07, 6.45) is 0.449. The fourth-order valence-electron chi connectivity index (χ4n) is 1.30. The number of carboxylic acids is 1. The lowest BCUT2D eigenvalue weighted by molar-refractivity contribution is -0.134. The molecule has 1 rings (SSSR count). The Bertz CT molecular complexity index is 312. The first-order chi connectivity index (χ1) is 7.27. The van der Waals surface area contributed by atoms with Crippen LogP contribution in [0.3, 0.4) is 0 Å². The van der Waals surface area contributed by atoms with Crippen LogP contribution in [0, 0.1) is 0 Å². The quantitative estimate of drug-likeness (QED) is 0.566. The highest BCUT2D eigenvalue weighted by Crippen LogP contribution is 2.11. The molecule has 0 amide bonds. The molecule has 2 atom stereocenters. The van der Waals surface area contributed by atoms with Crippen LogP contribution in [0.2, 0.25) is 0 Å². The number of carbonyl (C=O) groups is 1. The third-order valence-corrected chi connectivity index (χ3v) is 3.36. The zero-order chi connectivity index (χ0) is 12.8. The van der Waals surface area contributed by atoms with Crippen molar-refractivity contribution in [3.05, 3.63) is 0 Å². The number of nitrogens with two attached hydrogens (primary N) is 1. The van der Waals surface area contributed by atoms with Gasteiger partial charge in [-0.25, -0.2) is 13.6 Å². The SMILES string of the molecule is CC(=O)O.CO[C@H]1CNC[C@@H](S(N)(=O)=O)C1. The lowest BCUT2D eigenvalue weighted by atomic mass is 10.1. The molecule has 0 bridgehead atoms. The molecule has 7 nitrogen and oxygen atoms in total. The highest BCUT2D eigenvalue weighted by atomic mass is 32.2. The third kappa shape index (κ3) is 6.72. The summed E-state index contributed by atoms with van der Waals surface area (Å²) in [5.41, 5.74) is 0. The molecule has 0 unspecified atom stereocenters. The topological polar surface area (TPSA) is 119 Å². The van der Waals surface area contributed by atoms with Gasteiger partial charge in [0.2, 0.25) is 10.0 Å². The van der Waals surface area contributed by atoms with Crippen LogP contribution >= 0.6 is 0 Å². The Balaban J connectivity index is 0.000000487. The second kappa shape index (κ2) is 6.79. The van der Waals surface area contributed by atoms with Crippen molar-refractivity contribution in [1.29, 1.82) is 0 Å². The average Bonchev–Trinajstić information content (AvgIpc) is 2.16. The van der Waals surface area contributed by atoms with E-state index >= 15 is 0 Å². The fourth-order valence-corrected chi connectivity index (χ4v) is 2.13. The lowest BCUT2D eigenvalue weighted by Crippen LogP contribution is -2.48. The predicted molar refractivity (Wildman–Crippen MR) is 58.5 cm³/mol. The first-order valence-corrected chi connectivity index (χ1v) is 6.33. The van der Waals surface area contributed by atoms with Gasteiger partial charge in [0.25, 0.3) is 5.97 Å². The molecule has 1 aliphatic rings. The van der Waals surface area contributed by atoms with Crippen LogP contribution in [0.25, 0.3) is 0 Å². The average molecular weight is 254 g/mol. The van der Waals surface area contributed by atoms with E-state index in [2.05, 4.69) is 5.32 Å². The van der Waals surface area contributed by atoms with Crippen molar-refractivity contribution in [2.45, 2.75) is 24.7 Å². The molecule has 96 valence electrons. The molecule has 1 aliphatic heterocycles. The molecular weight excluding hydrogens is 236 g/mol. The molecule has 0 aromatic carbocycles. The van der Waals surface area contributed by atoms with E-state index in [0.717, 1.165) is 6.92 Å². The van der Waals surface area contributed by atoms with Crippen molar-refractivity contribution >= 4 is 16.0 Å². The standard InChI is InChI=1S/C6H14N2O3S.C2H4O2/c1-11-5-2-6(4-8-3-5)12(7,9)10;1-2(3)4/h5-6,8H,2-4H2,1H3,(H2,7,9,10);1H3,(H,3,4)/t5-,6+;/m1./s1. The predicted octanol–water partition coefficient (Wildman–Crippen LogP) is -1.26. The fraction of sp³-hybridized carbons (Fsp3) is 0.875. The number of methoxy groups -OCH3 is 1. The van der Waals surface area contributed by atoms with Crippen LogP contribution in [0.15, 0.2) is 0 Å². The Kier molecular flexibility index (Phi) is 6.49. The van der Waals surface area contributed by atoms with Gasteiger partial charge in [0, 0.05) is 27.1 Å². The van der Waals surface area contributed by atoms with E-state index in [4.69, 9.17) is 19.8 Å². The Morgan fingerprint density at radius 3 is 2.38 bits per heavy atom. The number of hydrogen-bond acceptors (Lipinski definition) is 5. The van der Waals surface area contributed by atoms with Gasteiger partial charge in [-0.15, -0.1) is 0 Å². The molecule has 0 radical (unpaired) electrons. The molecule has 0 spiro atoms. The minimum Gasteiger partial charge on any atom is -0.481 e. The first-order valence-electron chi connectivity index (χ1n) is 4.72. The summed E-state index contributed by atoms with van der Waals surface area (Å²) in [5, 5.41) is 14.9. The Labute approximate surface area is 95.0 Å². The molecule has 4 N–H and O–H groups in total. The van der Waals surface area contributed by atoms with Gasteiger partial charge < -0.3 is 15.2 Å². The number of ether oxygens (including phenoxy) is 1. The van der Waals surface area contributed by atoms with Gasteiger partial charge in [-0.3, -0.25) is 4.79 Å². The number of primary sulfonamides is 1. The smallest absolute Gasteiger partial charge is 0.300 e. The van der Waals surface area contributed by atoms with Crippen molar-refractivity contribution in [3.8, 4) is 0 Å². The van der Waals surface area contributed by atoms with E-state index in [1.54, 1.807) is 7.11 Å². The van der Waals surface area contributed by atoms with Gasteiger partial charge in [-0.2, -0.15) is 0 Å². The molecule has 0 aromatic rings. The van der Waals surface area contributed by atoms with E-state index < -0.39 is 21.2 Å². The van der Waals surface area contributed by atoms with Gasteiger partial charge in [-0.05, 0) is 6.42 Å². The Morgan fingerprint density at radius 2 is 2.00 bits per heavy atom. The molecule has 8 heteroatoms. The van der Waals surface area contributed by atoms with Crippen molar-refractivity contribution in [3.63, 3.8) is 0 Å². The van der Waals surface area contributed by atoms with Gasteiger partial charge in [0.05, 0.1) is 11.4 Å². The number of aliphatic carboxylic acids is 1. The molecular formula is C8H18N2O5S. The number of hydrogen-bond donors (Lipinski definition) is 3. The van der Waals surface area contributed by atoms with E-state index in [9.17, 15) is 8.42 Å². The van der Waals surface area contributed by atoms with Crippen LogP contribution in [-0.4, -0.2) is 51.0 Å². The minimum atomic E-state index is -3.41. The largest absolute Gasteiger partial charge is 0.481 e. The molecule has 1 heterocycles. The molecule has 0 saturated carbocycles. The summed E-state index contributed by atoms with van der Waals surface area (Å²) in [6, 6.07) is 0. The summed E-state index contributed by atoms with van der Waals surface area (Å²) in [5.74, 6) is -0.833. The van der Waals surface area contributed by atoms with Crippen LogP contribution in [0.5, 0.6) is 0 Å². The summed E-state index contributed by atoms with van der Waals surface area (Å²) in [7, 11) is -1.84. The summed E-state index contributed by atoms with van der Waals surface area (Å²) in [6.45, 7) is 2.21. The van der Waals surface area contributed by atoms with Crippen molar-refractivity contribution in [1.82, 2.24) is 5.32 Å². The second-order valence-corrected chi connectivity index (χ2v) is 5.33. The van der Waals surface area contributed by atoms with Gasteiger partial charge in [-0.1, -0.05) is 0 Å². The van der Waals surface area contributed by atoms with Crippen LogP contribution in [0.1, 0.15) is 13.3 Å². The van der Waals surface area contributed by atoms with Crippen LogP contribution in [-0.2, 0) is 19.6 Å². The number of carboxylic acid groups (broad SMARTS) is 1. The highest BCUT2D eigenvalue weighted by molar-refractivity contribution is 7.89. The van der Waals surface area contributed by atoms with Gasteiger partial charge >= 0.3 is 0 Å². The van der Waals surface area contributed by atoms with E-state index in [1.165, 1.54) is 0 Å². The van der Waals surface area contributed by atoms with Crippen molar-refractivity contribution < 1.29 is 23.1 Å². The molecule has 0 aliphatic carbocycles. The van der Waals surface area contributed by atoms with Crippen molar-refractivity contribution in [2.75, 3.05) is 20.2 Å². The zero-order valence-corrected chi connectivity index (χ0v) is 10.2. The summed E-state index contributed by atoms with van der Waals surface area (Å²) < 4.78 is 26.9. The summed E-state index contributed by atoms with van der Waals surface area (Å²) in [4.78, 5) is 9.00. The summed E-state index contributed by atoms with van der Waals surface area (Å²) >= 11 is 0. The van der Waals surface area contributed by atoms with Crippen LogP contribution < -0.4 is 10.5 Å². The van der Waals surface area contributed by atoms with E-state index in [0.29, 0.717) is 19.5 Å². The normalized spacial score (nSPS) is 25.4. The lowest BCUT2D eigenvalue weighted by Gasteiger charge is -2.27. The second-order valence-electron chi connectivity index (χ2n) is 3.48. The van der Waals surface area contributed by atoms with Crippen LogP contribution in [0.4, 0.5) is 0 Å². The maximum Gasteiger partial charge on any atom is 0.300 e. The maximum atomic E-state index is 10.9. The Hall–Kier alpha value is -0.700. The minimum absolute atomic E-state index is 0.0397. The number of nitrogens with one attached hydrogen (secondary N) is 1. The Morgan fingerprint density at radius 1 is 1.50 bits per heavy atom. The highest BCUT2D eigenvalue weighted by Gasteiger charge is 2.28. The molecule has 1 saturated heterocycles.